The van der Waals surface area contributed by atoms with Crippen LogP contribution in [0.1, 0.15) is 5.56 Å². The number of benzene rings is 1. The van der Waals surface area contributed by atoms with E-state index >= 15 is 0 Å². The van der Waals surface area contributed by atoms with Crippen LogP contribution in [0.4, 0.5) is 4.39 Å². The Balaban J connectivity index is 2.81. The van der Waals surface area contributed by atoms with Crippen molar-refractivity contribution in [1.82, 2.24) is 5.32 Å². The first-order valence-corrected chi connectivity index (χ1v) is 4.34. The molecule has 0 fully saturated rings. The van der Waals surface area contributed by atoms with Gasteiger partial charge in [0.2, 0.25) is 0 Å². The number of phenols is 1. The second-order valence-electron chi connectivity index (χ2n) is 2.70. The van der Waals surface area contributed by atoms with Crippen molar-refractivity contribution >= 4 is 11.6 Å². The quantitative estimate of drug-likeness (QED) is 0.594. The molecule has 2 nitrogen and oxygen atoms in total. The lowest BCUT2D eigenvalue weighted by Crippen LogP contribution is -2.13. The zero-order valence-corrected chi connectivity index (χ0v) is 8.11. The van der Waals surface area contributed by atoms with Gasteiger partial charge < -0.3 is 10.4 Å². The van der Waals surface area contributed by atoms with Crippen molar-refractivity contribution in [3.63, 3.8) is 0 Å². The van der Waals surface area contributed by atoms with Crippen LogP contribution in [0.15, 0.2) is 12.1 Å². The van der Waals surface area contributed by atoms with Crippen LogP contribution in [-0.4, -0.2) is 11.7 Å². The van der Waals surface area contributed by atoms with E-state index in [-0.39, 0.29) is 17.3 Å². The number of phenolic OH excluding ortho intramolecular Hbond substituents is 1. The van der Waals surface area contributed by atoms with Crippen LogP contribution in [0.3, 0.4) is 0 Å². The normalized spacial score (nSPS) is 9.79. The molecule has 0 amide bonds. The average molecular weight is 214 g/mol. The summed E-state index contributed by atoms with van der Waals surface area (Å²) in [4.78, 5) is 0. The van der Waals surface area contributed by atoms with Crippen LogP contribution < -0.4 is 5.32 Å². The zero-order chi connectivity index (χ0) is 10.6. The number of terminal acetylenes is 1. The molecule has 0 aromatic heterocycles. The lowest BCUT2D eigenvalue weighted by atomic mass is 10.2. The van der Waals surface area contributed by atoms with Gasteiger partial charge in [-0.15, -0.1) is 6.42 Å². The minimum absolute atomic E-state index is 0.248. The molecule has 0 saturated heterocycles. The molecule has 0 aliphatic rings. The molecule has 74 valence electrons. The molecular weight excluding hydrogens is 205 g/mol. The standard InChI is InChI=1S/C10H9ClFNO/c1-2-3-13-6-7-4-8(11)5-9(12)10(7)14/h1,4-5,13-14H,3,6H2. The van der Waals surface area contributed by atoms with Crippen molar-refractivity contribution in [2.45, 2.75) is 6.54 Å². The summed E-state index contributed by atoms with van der Waals surface area (Å²) < 4.78 is 12.9. The Bertz CT molecular complexity index is 373. The van der Waals surface area contributed by atoms with E-state index < -0.39 is 5.82 Å². The summed E-state index contributed by atoms with van der Waals surface area (Å²) >= 11 is 5.62. The van der Waals surface area contributed by atoms with Crippen molar-refractivity contribution in [3.8, 4) is 18.1 Å². The summed E-state index contributed by atoms with van der Waals surface area (Å²) in [7, 11) is 0. The third-order valence-electron chi connectivity index (χ3n) is 1.65. The average Bonchev–Trinajstić information content (AvgIpc) is 2.13. The van der Waals surface area contributed by atoms with Gasteiger partial charge in [-0.25, -0.2) is 4.39 Å². The van der Waals surface area contributed by atoms with Crippen molar-refractivity contribution < 1.29 is 9.50 Å². The van der Waals surface area contributed by atoms with Gasteiger partial charge >= 0.3 is 0 Å². The maximum atomic E-state index is 12.9. The van der Waals surface area contributed by atoms with Crippen LogP contribution in [-0.2, 0) is 6.54 Å². The van der Waals surface area contributed by atoms with E-state index in [0.717, 1.165) is 6.07 Å². The molecule has 1 aromatic carbocycles. The predicted molar refractivity (Wildman–Crippen MR) is 53.6 cm³/mol. The van der Waals surface area contributed by atoms with E-state index in [0.29, 0.717) is 12.1 Å². The Morgan fingerprint density at radius 3 is 2.93 bits per heavy atom. The molecule has 0 saturated carbocycles. The maximum Gasteiger partial charge on any atom is 0.166 e. The van der Waals surface area contributed by atoms with Crippen molar-refractivity contribution in [1.29, 1.82) is 0 Å². The minimum Gasteiger partial charge on any atom is -0.505 e. The number of hydrogen-bond acceptors (Lipinski definition) is 2. The topological polar surface area (TPSA) is 32.3 Å². The SMILES string of the molecule is C#CCNCc1cc(Cl)cc(F)c1O. The van der Waals surface area contributed by atoms with E-state index in [1.807, 2.05) is 0 Å². The summed E-state index contributed by atoms with van der Waals surface area (Å²) in [5.41, 5.74) is 0.394. The van der Waals surface area contributed by atoms with Crippen molar-refractivity contribution in [2.24, 2.45) is 0 Å². The molecule has 14 heavy (non-hydrogen) atoms. The second-order valence-corrected chi connectivity index (χ2v) is 3.14. The van der Waals surface area contributed by atoms with Gasteiger partial charge in [0.1, 0.15) is 0 Å². The molecular formula is C10H9ClFNO. The van der Waals surface area contributed by atoms with Gasteiger partial charge in [-0.3, -0.25) is 0 Å². The van der Waals surface area contributed by atoms with Crippen molar-refractivity contribution in [2.75, 3.05) is 6.54 Å². The molecule has 0 atom stereocenters. The molecule has 0 radical (unpaired) electrons. The van der Waals surface area contributed by atoms with Crippen LogP contribution in [0.2, 0.25) is 5.02 Å². The smallest absolute Gasteiger partial charge is 0.166 e. The summed E-state index contributed by atoms with van der Waals surface area (Å²) in [5, 5.41) is 12.4. The number of rotatable bonds is 3. The Morgan fingerprint density at radius 2 is 2.29 bits per heavy atom. The van der Waals surface area contributed by atoms with E-state index in [1.54, 1.807) is 0 Å². The van der Waals surface area contributed by atoms with Crippen LogP contribution >= 0.6 is 11.6 Å². The highest BCUT2D eigenvalue weighted by Gasteiger charge is 2.08. The molecule has 4 heteroatoms. The fraction of sp³-hybridized carbons (Fsp3) is 0.200. The van der Waals surface area contributed by atoms with Gasteiger partial charge in [-0.05, 0) is 12.1 Å². The number of nitrogens with one attached hydrogen (secondary N) is 1. The van der Waals surface area contributed by atoms with E-state index in [4.69, 9.17) is 18.0 Å². The first kappa shape index (κ1) is 10.8. The van der Waals surface area contributed by atoms with E-state index in [9.17, 15) is 9.50 Å². The molecule has 0 aliphatic carbocycles. The third kappa shape index (κ3) is 2.63. The number of hydrogen-bond donors (Lipinski definition) is 2. The fourth-order valence-electron chi connectivity index (χ4n) is 1.02. The Kier molecular flexibility index (Phi) is 3.75. The Labute approximate surface area is 86.7 Å². The first-order valence-electron chi connectivity index (χ1n) is 3.96. The van der Waals surface area contributed by atoms with Gasteiger partial charge in [-0.1, -0.05) is 17.5 Å². The maximum absolute atomic E-state index is 12.9. The summed E-state index contributed by atoms with van der Waals surface area (Å²) in [6, 6.07) is 2.55. The van der Waals surface area contributed by atoms with E-state index in [2.05, 4.69) is 11.2 Å². The Hall–Kier alpha value is -1.24. The molecule has 0 unspecified atom stereocenters. The van der Waals surface area contributed by atoms with Gasteiger partial charge in [0.15, 0.2) is 11.6 Å². The molecule has 0 heterocycles. The lowest BCUT2D eigenvalue weighted by Gasteiger charge is -2.06. The summed E-state index contributed by atoms with van der Waals surface area (Å²) in [5.74, 6) is 1.25. The van der Waals surface area contributed by atoms with Crippen molar-refractivity contribution in [3.05, 3.63) is 28.5 Å². The highest BCUT2D eigenvalue weighted by atomic mass is 35.5. The summed E-state index contributed by atoms with van der Waals surface area (Å²) in [6.45, 7) is 0.640. The molecule has 1 rings (SSSR count). The highest BCUT2D eigenvalue weighted by molar-refractivity contribution is 6.30. The largest absolute Gasteiger partial charge is 0.505 e. The van der Waals surface area contributed by atoms with Crippen LogP contribution in [0.25, 0.3) is 0 Å². The molecule has 0 bridgehead atoms. The fourth-order valence-corrected chi connectivity index (χ4v) is 1.25. The van der Waals surface area contributed by atoms with E-state index in [1.165, 1.54) is 6.07 Å². The number of aromatic hydroxyl groups is 1. The second kappa shape index (κ2) is 4.85. The monoisotopic (exact) mass is 213 g/mol. The molecule has 1 aromatic rings. The molecule has 0 aliphatic heterocycles. The van der Waals surface area contributed by atoms with Gasteiger partial charge in [0.05, 0.1) is 6.54 Å². The van der Waals surface area contributed by atoms with Crippen LogP contribution in [0.5, 0.6) is 5.75 Å². The van der Waals surface area contributed by atoms with Gasteiger partial charge in [-0.2, -0.15) is 0 Å². The number of halogens is 2. The molecule has 2 N–H and O–H groups in total. The lowest BCUT2D eigenvalue weighted by molar-refractivity contribution is 0.424. The first-order chi connectivity index (χ1) is 6.65. The Morgan fingerprint density at radius 1 is 1.57 bits per heavy atom. The van der Waals surface area contributed by atoms with Gasteiger partial charge in [0.25, 0.3) is 0 Å². The third-order valence-corrected chi connectivity index (χ3v) is 1.87. The molecule has 0 spiro atoms. The van der Waals surface area contributed by atoms with Gasteiger partial charge in [0, 0.05) is 17.1 Å². The predicted octanol–water partition coefficient (Wildman–Crippen LogP) is 1.91. The van der Waals surface area contributed by atoms with Crippen LogP contribution in [0, 0.1) is 18.2 Å². The minimum atomic E-state index is -0.727. The summed E-state index contributed by atoms with van der Waals surface area (Å²) in [6.07, 6.45) is 5.02. The highest BCUT2D eigenvalue weighted by Crippen LogP contribution is 2.25. The zero-order valence-electron chi connectivity index (χ0n) is 7.35.